The second-order valence-electron chi connectivity index (χ2n) is 5.98. The van der Waals surface area contributed by atoms with E-state index in [2.05, 4.69) is 14.8 Å². The molecule has 0 atom stereocenters. The lowest BCUT2D eigenvalue weighted by Gasteiger charge is -2.37. The zero-order valence-electron chi connectivity index (χ0n) is 12.3. The first kappa shape index (κ1) is 14.8. The summed E-state index contributed by atoms with van der Waals surface area (Å²) in [6.45, 7) is 4.36. The van der Waals surface area contributed by atoms with Gasteiger partial charge in [-0.15, -0.1) is 11.3 Å². The molecule has 1 N–H and O–H groups in total. The predicted molar refractivity (Wildman–Crippen MR) is 84.1 cm³/mol. The lowest BCUT2D eigenvalue weighted by molar-refractivity contribution is -0.136. The zero-order chi connectivity index (χ0) is 14.7. The van der Waals surface area contributed by atoms with E-state index in [4.69, 9.17) is 5.11 Å². The van der Waals surface area contributed by atoms with Gasteiger partial charge in [0.15, 0.2) is 5.13 Å². The number of anilines is 1. The fourth-order valence-corrected chi connectivity index (χ4v) is 4.25. The normalized spacial score (nSPS) is 21.0. The van der Waals surface area contributed by atoms with Crippen LogP contribution in [0.2, 0.25) is 0 Å². The monoisotopic (exact) mass is 309 g/mol. The number of thiazole rings is 1. The summed E-state index contributed by atoms with van der Waals surface area (Å²) in [6, 6.07) is 0.814. The molecule has 1 aromatic heterocycles. The molecule has 1 aliphatic carbocycles. The average Bonchev–Trinajstić information content (AvgIpc) is 3.17. The minimum absolute atomic E-state index is 0.165. The standard InChI is InChI=1S/C15H23N3O2S/c19-14(20)6-5-12-11-21-15(16-12)18-9-7-17(8-10-18)13-3-1-2-4-13/h11,13H,1-10H2,(H,19,20). The van der Waals surface area contributed by atoms with E-state index in [1.165, 1.54) is 25.7 Å². The molecule has 0 unspecified atom stereocenters. The van der Waals surface area contributed by atoms with Gasteiger partial charge in [-0.05, 0) is 12.8 Å². The van der Waals surface area contributed by atoms with Crippen LogP contribution >= 0.6 is 11.3 Å². The van der Waals surface area contributed by atoms with Gasteiger partial charge in [0.2, 0.25) is 0 Å². The molecule has 0 amide bonds. The fourth-order valence-electron chi connectivity index (χ4n) is 3.34. The van der Waals surface area contributed by atoms with E-state index < -0.39 is 5.97 Å². The number of nitrogens with zero attached hydrogens (tertiary/aromatic N) is 3. The van der Waals surface area contributed by atoms with Crippen molar-refractivity contribution in [3.8, 4) is 0 Å². The Balaban J connectivity index is 1.50. The smallest absolute Gasteiger partial charge is 0.303 e. The van der Waals surface area contributed by atoms with Gasteiger partial charge in [-0.3, -0.25) is 9.69 Å². The molecule has 5 nitrogen and oxygen atoms in total. The summed E-state index contributed by atoms with van der Waals surface area (Å²) in [5.41, 5.74) is 0.913. The largest absolute Gasteiger partial charge is 0.481 e. The average molecular weight is 309 g/mol. The van der Waals surface area contributed by atoms with E-state index in [-0.39, 0.29) is 6.42 Å². The lowest BCUT2D eigenvalue weighted by atomic mass is 10.2. The first-order chi connectivity index (χ1) is 10.2. The first-order valence-corrected chi connectivity index (χ1v) is 8.75. The lowest BCUT2D eigenvalue weighted by Crippen LogP contribution is -2.49. The Morgan fingerprint density at radius 1 is 1.29 bits per heavy atom. The molecule has 2 heterocycles. The summed E-state index contributed by atoms with van der Waals surface area (Å²) in [5.74, 6) is -0.755. The predicted octanol–water partition coefficient (Wildman–Crippen LogP) is 2.22. The molecule has 1 aromatic rings. The molecular formula is C15H23N3O2S. The number of aryl methyl sites for hydroxylation is 1. The maximum atomic E-state index is 10.6. The van der Waals surface area contributed by atoms with Gasteiger partial charge < -0.3 is 10.0 Å². The van der Waals surface area contributed by atoms with Crippen LogP contribution < -0.4 is 4.90 Å². The summed E-state index contributed by atoms with van der Waals surface area (Å²) in [4.78, 5) is 20.2. The van der Waals surface area contributed by atoms with Crippen molar-refractivity contribution in [1.29, 1.82) is 0 Å². The molecule has 1 aliphatic heterocycles. The third kappa shape index (κ3) is 3.74. The number of aromatic nitrogens is 1. The molecule has 6 heteroatoms. The van der Waals surface area contributed by atoms with E-state index >= 15 is 0 Å². The van der Waals surface area contributed by atoms with Gasteiger partial charge in [0.1, 0.15) is 0 Å². The maximum Gasteiger partial charge on any atom is 0.303 e. The van der Waals surface area contributed by atoms with Crippen molar-refractivity contribution in [3.63, 3.8) is 0 Å². The van der Waals surface area contributed by atoms with E-state index in [0.29, 0.717) is 6.42 Å². The number of aliphatic carboxylic acids is 1. The maximum absolute atomic E-state index is 10.6. The molecule has 2 aliphatic rings. The zero-order valence-corrected chi connectivity index (χ0v) is 13.1. The molecule has 0 spiro atoms. The van der Waals surface area contributed by atoms with Crippen molar-refractivity contribution in [2.45, 2.75) is 44.6 Å². The van der Waals surface area contributed by atoms with Crippen LogP contribution in [-0.4, -0.2) is 53.2 Å². The molecular weight excluding hydrogens is 286 g/mol. The van der Waals surface area contributed by atoms with Crippen molar-refractivity contribution in [2.24, 2.45) is 0 Å². The topological polar surface area (TPSA) is 56.7 Å². The molecule has 21 heavy (non-hydrogen) atoms. The van der Waals surface area contributed by atoms with Crippen molar-refractivity contribution < 1.29 is 9.90 Å². The van der Waals surface area contributed by atoms with Crippen LogP contribution in [0.4, 0.5) is 5.13 Å². The van der Waals surface area contributed by atoms with E-state index in [1.807, 2.05) is 5.38 Å². The van der Waals surface area contributed by atoms with Crippen LogP contribution in [0.15, 0.2) is 5.38 Å². The Morgan fingerprint density at radius 2 is 2.00 bits per heavy atom. The molecule has 1 saturated carbocycles. The van der Waals surface area contributed by atoms with Crippen molar-refractivity contribution >= 4 is 22.4 Å². The van der Waals surface area contributed by atoms with E-state index in [1.54, 1.807) is 11.3 Å². The van der Waals surface area contributed by atoms with E-state index in [0.717, 1.165) is 43.0 Å². The first-order valence-electron chi connectivity index (χ1n) is 7.87. The Bertz CT molecular complexity index is 477. The summed E-state index contributed by atoms with van der Waals surface area (Å²) < 4.78 is 0. The van der Waals surface area contributed by atoms with Gasteiger partial charge in [0.25, 0.3) is 0 Å². The number of hydrogen-bond acceptors (Lipinski definition) is 5. The second kappa shape index (κ2) is 6.75. The quantitative estimate of drug-likeness (QED) is 0.904. The van der Waals surface area contributed by atoms with Crippen LogP contribution in [-0.2, 0) is 11.2 Å². The fraction of sp³-hybridized carbons (Fsp3) is 0.733. The Labute approximate surface area is 129 Å². The van der Waals surface area contributed by atoms with Crippen LogP contribution in [0.25, 0.3) is 0 Å². The van der Waals surface area contributed by atoms with Gasteiger partial charge >= 0.3 is 5.97 Å². The van der Waals surface area contributed by atoms with Gasteiger partial charge in [-0.25, -0.2) is 4.98 Å². The molecule has 2 fully saturated rings. The van der Waals surface area contributed by atoms with Crippen molar-refractivity contribution in [2.75, 3.05) is 31.1 Å². The Kier molecular flexibility index (Phi) is 4.75. The SMILES string of the molecule is O=C(O)CCc1csc(N2CCN(C3CCCC3)CC2)n1. The van der Waals surface area contributed by atoms with Crippen molar-refractivity contribution in [3.05, 3.63) is 11.1 Å². The molecule has 3 rings (SSSR count). The second-order valence-corrected chi connectivity index (χ2v) is 6.81. The van der Waals surface area contributed by atoms with Crippen molar-refractivity contribution in [1.82, 2.24) is 9.88 Å². The molecule has 1 saturated heterocycles. The number of rotatable bonds is 5. The highest BCUT2D eigenvalue weighted by molar-refractivity contribution is 7.13. The Morgan fingerprint density at radius 3 is 2.67 bits per heavy atom. The highest BCUT2D eigenvalue weighted by atomic mass is 32.1. The van der Waals surface area contributed by atoms with Crippen LogP contribution in [0, 0.1) is 0 Å². The summed E-state index contributed by atoms with van der Waals surface area (Å²) >= 11 is 1.64. The number of piperazine rings is 1. The number of carboxylic acids is 1. The Hall–Kier alpha value is -1.14. The number of hydrogen-bond donors (Lipinski definition) is 1. The van der Waals surface area contributed by atoms with Gasteiger partial charge in [-0.1, -0.05) is 12.8 Å². The third-order valence-corrected chi connectivity index (χ3v) is 5.51. The van der Waals surface area contributed by atoms with Crippen LogP contribution in [0.1, 0.15) is 37.8 Å². The van der Waals surface area contributed by atoms with Gasteiger partial charge in [-0.2, -0.15) is 0 Å². The summed E-state index contributed by atoms with van der Waals surface area (Å²) in [5, 5.41) is 11.8. The summed E-state index contributed by atoms with van der Waals surface area (Å²) in [6.07, 6.45) is 6.23. The molecule has 0 aromatic carbocycles. The van der Waals surface area contributed by atoms with Gasteiger partial charge in [0.05, 0.1) is 12.1 Å². The highest BCUT2D eigenvalue weighted by Gasteiger charge is 2.26. The third-order valence-electron chi connectivity index (χ3n) is 4.56. The van der Waals surface area contributed by atoms with Crippen LogP contribution in [0.5, 0.6) is 0 Å². The molecule has 0 bridgehead atoms. The summed E-state index contributed by atoms with van der Waals surface area (Å²) in [7, 11) is 0. The number of carboxylic acid groups (broad SMARTS) is 1. The van der Waals surface area contributed by atoms with E-state index in [9.17, 15) is 4.79 Å². The van der Waals surface area contributed by atoms with Crippen LogP contribution in [0.3, 0.4) is 0 Å². The minimum atomic E-state index is -0.755. The highest BCUT2D eigenvalue weighted by Crippen LogP contribution is 2.27. The molecule has 116 valence electrons. The molecule has 0 radical (unpaired) electrons. The minimum Gasteiger partial charge on any atom is -0.481 e. The van der Waals surface area contributed by atoms with Gasteiger partial charge in [0, 0.05) is 44.0 Å². The number of carbonyl (C=O) groups is 1.